The van der Waals surface area contributed by atoms with Crippen LogP contribution in [0.3, 0.4) is 0 Å². The van der Waals surface area contributed by atoms with E-state index in [9.17, 15) is 9.90 Å². The van der Waals surface area contributed by atoms with Crippen LogP contribution in [0.25, 0.3) is 0 Å². The minimum atomic E-state index is -0.0994. The molecular formula is C29H40N2O3. The number of ether oxygens (including phenoxy) is 1. The standard InChI is InChI=1S/C29H40N2O3/c1-31-17-16-29(23-13-9-14-25(32)18-23)20-24(19-27(34-2)26(29)21-31)30-28(33)15-8-4-7-12-22-10-5-3-6-11-22/h3,5-6,9-11,13-14,18,24,26-27,32H,4,7-8,12,15-17,19-21H2,1-2H3,(H,30,33)/t24-,26-,27?,29-/m0/s1. The smallest absolute Gasteiger partial charge is 0.220 e. The molecule has 2 aromatic rings. The van der Waals surface area contributed by atoms with Crippen molar-refractivity contribution in [2.45, 2.75) is 68.9 Å². The summed E-state index contributed by atoms with van der Waals surface area (Å²) in [4.78, 5) is 15.2. The first-order valence-corrected chi connectivity index (χ1v) is 12.8. The van der Waals surface area contributed by atoms with Crippen molar-refractivity contribution >= 4 is 5.91 Å². The molecule has 4 atom stereocenters. The molecule has 5 heteroatoms. The molecule has 2 aliphatic rings. The lowest BCUT2D eigenvalue weighted by molar-refractivity contribution is -0.124. The Morgan fingerprint density at radius 3 is 2.74 bits per heavy atom. The second kappa shape index (κ2) is 11.4. The third-order valence-electron chi connectivity index (χ3n) is 8.04. The predicted octanol–water partition coefficient (Wildman–Crippen LogP) is 4.68. The summed E-state index contributed by atoms with van der Waals surface area (Å²) in [7, 11) is 3.97. The van der Waals surface area contributed by atoms with Crippen LogP contribution in [-0.2, 0) is 21.4 Å². The molecule has 1 saturated carbocycles. The Bertz CT molecular complexity index is 934. The first kappa shape index (κ1) is 24.7. The number of phenolic OH excluding ortho intramolecular Hbond substituents is 1. The van der Waals surface area contributed by atoms with E-state index < -0.39 is 0 Å². The van der Waals surface area contributed by atoms with Crippen molar-refractivity contribution in [2.75, 3.05) is 27.2 Å². The monoisotopic (exact) mass is 464 g/mol. The fraction of sp³-hybridized carbons (Fsp3) is 0.552. The summed E-state index contributed by atoms with van der Waals surface area (Å²) in [6.07, 6.45) is 7.57. The molecule has 2 N–H and O–H groups in total. The highest BCUT2D eigenvalue weighted by Gasteiger charge is 2.52. The maximum atomic E-state index is 12.8. The topological polar surface area (TPSA) is 61.8 Å². The number of methoxy groups -OCH3 is 1. The van der Waals surface area contributed by atoms with E-state index in [4.69, 9.17) is 4.74 Å². The van der Waals surface area contributed by atoms with Gasteiger partial charge in [0.25, 0.3) is 0 Å². The molecule has 0 spiro atoms. The van der Waals surface area contributed by atoms with Crippen LogP contribution in [0.15, 0.2) is 54.6 Å². The van der Waals surface area contributed by atoms with Crippen LogP contribution in [0.4, 0.5) is 0 Å². The number of carbonyl (C=O) groups excluding carboxylic acids is 1. The number of hydrogen-bond donors (Lipinski definition) is 2. The molecule has 1 unspecified atom stereocenters. The van der Waals surface area contributed by atoms with Crippen LogP contribution in [0.1, 0.15) is 56.1 Å². The summed E-state index contributed by atoms with van der Waals surface area (Å²) in [6.45, 7) is 1.97. The van der Waals surface area contributed by atoms with Gasteiger partial charge in [-0.05, 0) is 75.4 Å². The molecule has 0 bridgehead atoms. The van der Waals surface area contributed by atoms with Crippen molar-refractivity contribution in [2.24, 2.45) is 5.92 Å². The summed E-state index contributed by atoms with van der Waals surface area (Å²) in [5, 5.41) is 13.6. The van der Waals surface area contributed by atoms with Crippen LogP contribution >= 0.6 is 0 Å². The van der Waals surface area contributed by atoms with E-state index in [1.807, 2.05) is 18.2 Å². The lowest BCUT2D eigenvalue weighted by Gasteiger charge is -2.55. The SMILES string of the molecule is COC1C[C@H](NC(=O)CCCCCc2ccccc2)C[C@]2(c3cccc(O)c3)CCN(C)C[C@@H]12. The first-order chi connectivity index (χ1) is 16.5. The van der Waals surface area contributed by atoms with Gasteiger partial charge in [-0.15, -0.1) is 0 Å². The van der Waals surface area contributed by atoms with Gasteiger partial charge in [0.05, 0.1) is 6.10 Å². The third-order valence-corrected chi connectivity index (χ3v) is 8.04. The molecule has 5 nitrogen and oxygen atoms in total. The number of piperidine rings is 1. The van der Waals surface area contributed by atoms with E-state index in [0.717, 1.165) is 58.0 Å². The minimum Gasteiger partial charge on any atom is -0.508 e. The average Bonchev–Trinajstić information content (AvgIpc) is 2.84. The van der Waals surface area contributed by atoms with Gasteiger partial charge in [-0.1, -0.05) is 48.9 Å². The fourth-order valence-electron chi connectivity index (χ4n) is 6.27. The molecule has 1 aliphatic heterocycles. The maximum Gasteiger partial charge on any atom is 0.220 e. The van der Waals surface area contributed by atoms with Gasteiger partial charge in [0, 0.05) is 37.5 Å². The number of nitrogens with zero attached hydrogens (tertiary/aromatic N) is 1. The molecule has 0 aromatic heterocycles. The van der Waals surface area contributed by atoms with E-state index in [0.29, 0.717) is 18.1 Å². The predicted molar refractivity (Wildman–Crippen MR) is 136 cm³/mol. The molecule has 2 aromatic carbocycles. The third kappa shape index (κ3) is 5.81. The zero-order valence-corrected chi connectivity index (χ0v) is 20.7. The lowest BCUT2D eigenvalue weighted by atomic mass is 9.57. The van der Waals surface area contributed by atoms with Crippen molar-refractivity contribution in [1.82, 2.24) is 10.2 Å². The molecule has 1 amide bonds. The highest BCUT2D eigenvalue weighted by Crippen LogP contribution is 2.50. The first-order valence-electron chi connectivity index (χ1n) is 12.8. The Kier molecular flexibility index (Phi) is 8.28. The van der Waals surface area contributed by atoms with E-state index in [-0.39, 0.29) is 23.5 Å². The quantitative estimate of drug-likeness (QED) is 0.529. The molecule has 0 radical (unpaired) electrons. The second-order valence-electron chi connectivity index (χ2n) is 10.3. The van der Waals surface area contributed by atoms with Gasteiger partial charge in [0.15, 0.2) is 0 Å². The zero-order valence-electron chi connectivity index (χ0n) is 20.7. The number of phenols is 1. The molecular weight excluding hydrogens is 424 g/mol. The van der Waals surface area contributed by atoms with Crippen molar-refractivity contribution in [3.8, 4) is 5.75 Å². The normalized spacial score (nSPS) is 27.2. The van der Waals surface area contributed by atoms with E-state index in [1.54, 1.807) is 13.2 Å². The summed E-state index contributed by atoms with van der Waals surface area (Å²) in [5.74, 6) is 0.793. The minimum absolute atomic E-state index is 0.0787. The van der Waals surface area contributed by atoms with Gasteiger partial charge in [-0.3, -0.25) is 4.79 Å². The number of aryl methyl sites for hydroxylation is 1. The Morgan fingerprint density at radius 1 is 1.15 bits per heavy atom. The Hall–Kier alpha value is -2.37. The number of rotatable bonds is 9. The average molecular weight is 465 g/mol. The number of hydrogen-bond acceptors (Lipinski definition) is 4. The van der Waals surface area contributed by atoms with Gasteiger partial charge in [-0.25, -0.2) is 0 Å². The van der Waals surface area contributed by atoms with Gasteiger partial charge in [0.2, 0.25) is 5.91 Å². The summed E-state index contributed by atoms with van der Waals surface area (Å²) >= 11 is 0. The number of amides is 1. The Balaban J connectivity index is 1.37. The maximum absolute atomic E-state index is 12.8. The van der Waals surface area contributed by atoms with Crippen molar-refractivity contribution in [3.63, 3.8) is 0 Å². The van der Waals surface area contributed by atoms with Crippen LogP contribution in [-0.4, -0.2) is 55.3 Å². The Morgan fingerprint density at radius 2 is 1.97 bits per heavy atom. The largest absolute Gasteiger partial charge is 0.508 e. The number of aromatic hydroxyl groups is 1. The van der Waals surface area contributed by atoms with Gasteiger partial charge >= 0.3 is 0 Å². The van der Waals surface area contributed by atoms with Crippen LogP contribution < -0.4 is 5.32 Å². The highest BCUT2D eigenvalue weighted by molar-refractivity contribution is 5.76. The molecule has 184 valence electrons. The van der Waals surface area contributed by atoms with Gasteiger partial charge < -0.3 is 20.1 Å². The van der Waals surface area contributed by atoms with E-state index in [2.05, 4.69) is 47.6 Å². The van der Waals surface area contributed by atoms with Gasteiger partial charge in [-0.2, -0.15) is 0 Å². The number of fused-ring (bicyclic) bond motifs is 1. The number of benzene rings is 2. The zero-order chi connectivity index (χ0) is 24.0. The highest BCUT2D eigenvalue weighted by atomic mass is 16.5. The molecule has 1 heterocycles. The summed E-state index contributed by atoms with van der Waals surface area (Å²) in [5.41, 5.74) is 2.44. The Labute approximate surface area is 204 Å². The number of unbranched alkanes of at least 4 members (excludes halogenated alkanes) is 2. The van der Waals surface area contributed by atoms with Crippen LogP contribution in [0, 0.1) is 5.92 Å². The van der Waals surface area contributed by atoms with Crippen LogP contribution in [0.2, 0.25) is 0 Å². The molecule has 1 aliphatic carbocycles. The fourth-order valence-corrected chi connectivity index (χ4v) is 6.27. The van der Waals surface area contributed by atoms with E-state index in [1.165, 1.54) is 11.1 Å². The van der Waals surface area contributed by atoms with E-state index >= 15 is 0 Å². The molecule has 1 saturated heterocycles. The second-order valence-corrected chi connectivity index (χ2v) is 10.3. The van der Waals surface area contributed by atoms with Crippen molar-refractivity contribution in [1.29, 1.82) is 0 Å². The van der Waals surface area contributed by atoms with Gasteiger partial charge in [0.1, 0.15) is 5.75 Å². The lowest BCUT2D eigenvalue weighted by Crippen LogP contribution is -2.60. The number of nitrogens with one attached hydrogen (secondary N) is 1. The number of likely N-dealkylation sites (tertiary alicyclic amines) is 1. The molecule has 4 rings (SSSR count). The summed E-state index contributed by atoms with van der Waals surface area (Å²) < 4.78 is 6.01. The van der Waals surface area contributed by atoms with Crippen molar-refractivity contribution < 1.29 is 14.6 Å². The summed E-state index contributed by atoms with van der Waals surface area (Å²) in [6, 6.07) is 18.4. The van der Waals surface area contributed by atoms with Crippen LogP contribution in [0.5, 0.6) is 5.75 Å². The molecule has 34 heavy (non-hydrogen) atoms. The van der Waals surface area contributed by atoms with Crippen molar-refractivity contribution in [3.05, 3.63) is 65.7 Å². The number of carbonyl (C=O) groups is 1. The molecule has 2 fully saturated rings.